The first-order chi connectivity index (χ1) is 16.9. The molecule has 2 aromatic carbocycles. The number of fused-ring (bicyclic) bond motifs is 3. The number of carboxylic acid groups (broad SMARTS) is 1. The third-order valence-electron chi connectivity index (χ3n) is 7.52. The monoisotopic (exact) mass is 478 g/mol. The van der Waals surface area contributed by atoms with E-state index >= 15 is 0 Å². The third-order valence-corrected chi connectivity index (χ3v) is 7.52. The van der Waals surface area contributed by atoms with Gasteiger partial charge in [0, 0.05) is 25.9 Å². The fourth-order valence-corrected chi connectivity index (χ4v) is 5.61. The van der Waals surface area contributed by atoms with Crippen LogP contribution in [0.4, 0.5) is 4.79 Å². The summed E-state index contributed by atoms with van der Waals surface area (Å²) in [6, 6.07) is 15.7. The molecular weight excluding hydrogens is 444 g/mol. The van der Waals surface area contributed by atoms with Gasteiger partial charge in [0.05, 0.1) is 0 Å². The summed E-state index contributed by atoms with van der Waals surface area (Å²) in [5.74, 6) is -0.565. The molecule has 2 amide bonds. The van der Waals surface area contributed by atoms with Crippen LogP contribution in [-0.4, -0.2) is 54.2 Å². The number of carbonyl (C=O) groups is 3. The molecule has 4 rings (SSSR count). The maximum atomic E-state index is 12.5. The molecule has 2 aliphatic carbocycles. The fourth-order valence-electron chi connectivity index (χ4n) is 5.61. The lowest BCUT2D eigenvalue weighted by Crippen LogP contribution is -2.42. The smallest absolute Gasteiger partial charge is 0.407 e. The quantitative estimate of drug-likeness (QED) is 0.547. The van der Waals surface area contributed by atoms with Crippen LogP contribution in [0.15, 0.2) is 48.5 Å². The lowest BCUT2D eigenvalue weighted by Gasteiger charge is -2.25. The van der Waals surface area contributed by atoms with E-state index < -0.39 is 18.1 Å². The highest BCUT2D eigenvalue weighted by molar-refractivity contribution is 5.83. The number of aliphatic carboxylic acids is 1. The molecule has 1 saturated carbocycles. The number of carbonyl (C=O) groups excluding carboxylic acids is 2. The van der Waals surface area contributed by atoms with Gasteiger partial charge in [-0.05, 0) is 59.8 Å². The third kappa shape index (κ3) is 5.50. The van der Waals surface area contributed by atoms with Gasteiger partial charge in [-0.2, -0.15) is 0 Å². The molecule has 35 heavy (non-hydrogen) atoms. The average Bonchev–Trinajstić information content (AvgIpc) is 3.43. The van der Waals surface area contributed by atoms with Crippen LogP contribution in [0.1, 0.15) is 56.1 Å². The Bertz CT molecular complexity index is 1040. The zero-order valence-electron chi connectivity index (χ0n) is 20.4. The van der Waals surface area contributed by atoms with Crippen molar-refractivity contribution in [2.45, 2.75) is 51.0 Å². The number of rotatable bonds is 9. The number of hydrogen-bond acceptors (Lipinski definition) is 4. The summed E-state index contributed by atoms with van der Waals surface area (Å²) < 4.78 is 5.62. The standard InChI is InChI=1S/C28H34N2O5/c1-3-25(27(32)33)30(2)26(31)15-18-12-13-19(14-18)16-29-28(34)35-17-24-22-10-6-4-8-20(22)21-9-5-7-11-23(21)24/h4-11,18-19,24-25H,3,12-17H2,1-2H3,(H,29,34)(H,32,33). The van der Waals surface area contributed by atoms with Crippen molar-refractivity contribution in [2.24, 2.45) is 11.8 Å². The van der Waals surface area contributed by atoms with Gasteiger partial charge in [0.25, 0.3) is 0 Å². The molecule has 0 spiro atoms. The van der Waals surface area contributed by atoms with E-state index in [1.807, 2.05) is 24.3 Å². The van der Waals surface area contributed by atoms with Gasteiger partial charge in [0.2, 0.25) is 5.91 Å². The van der Waals surface area contributed by atoms with Crippen LogP contribution in [0.3, 0.4) is 0 Å². The van der Waals surface area contributed by atoms with Crippen LogP contribution in [0.25, 0.3) is 11.1 Å². The molecule has 0 radical (unpaired) electrons. The van der Waals surface area contributed by atoms with E-state index in [2.05, 4.69) is 29.6 Å². The molecule has 0 aromatic heterocycles. The Morgan fingerprint density at radius 3 is 2.23 bits per heavy atom. The number of nitrogens with zero attached hydrogens (tertiary/aromatic N) is 1. The number of amides is 2. The molecule has 2 aliphatic rings. The zero-order chi connectivity index (χ0) is 24.9. The fraction of sp³-hybridized carbons (Fsp3) is 0.464. The van der Waals surface area contributed by atoms with Crippen LogP contribution in [0, 0.1) is 11.8 Å². The second kappa shape index (κ2) is 10.9. The topological polar surface area (TPSA) is 95.9 Å². The average molecular weight is 479 g/mol. The Morgan fingerprint density at radius 2 is 1.63 bits per heavy atom. The van der Waals surface area contributed by atoms with Crippen molar-refractivity contribution in [1.82, 2.24) is 10.2 Å². The highest BCUT2D eigenvalue weighted by Gasteiger charge is 2.32. The van der Waals surface area contributed by atoms with Gasteiger partial charge < -0.3 is 20.1 Å². The zero-order valence-corrected chi connectivity index (χ0v) is 20.4. The molecule has 3 unspecified atom stereocenters. The molecule has 2 aromatic rings. The lowest BCUT2D eigenvalue weighted by molar-refractivity contribution is -0.149. The number of alkyl carbamates (subject to hydrolysis) is 1. The molecule has 0 bridgehead atoms. The van der Waals surface area contributed by atoms with Crippen LogP contribution < -0.4 is 5.32 Å². The van der Waals surface area contributed by atoms with E-state index in [1.165, 1.54) is 27.2 Å². The molecule has 2 N–H and O–H groups in total. The number of nitrogens with one attached hydrogen (secondary N) is 1. The van der Waals surface area contributed by atoms with Crippen molar-refractivity contribution in [3.05, 3.63) is 59.7 Å². The minimum atomic E-state index is -0.972. The first kappa shape index (κ1) is 24.8. The van der Waals surface area contributed by atoms with E-state index in [1.54, 1.807) is 14.0 Å². The van der Waals surface area contributed by atoms with Crippen molar-refractivity contribution in [3.8, 4) is 11.1 Å². The largest absolute Gasteiger partial charge is 0.480 e. The summed E-state index contributed by atoms with van der Waals surface area (Å²) in [6.07, 6.45) is 2.99. The van der Waals surface area contributed by atoms with Gasteiger partial charge in [-0.3, -0.25) is 4.79 Å². The highest BCUT2D eigenvalue weighted by Crippen LogP contribution is 2.44. The van der Waals surface area contributed by atoms with E-state index in [0.717, 1.165) is 19.3 Å². The number of hydrogen-bond donors (Lipinski definition) is 2. The van der Waals surface area contributed by atoms with E-state index in [9.17, 15) is 19.5 Å². The summed E-state index contributed by atoms with van der Waals surface area (Å²) in [5, 5.41) is 12.2. The maximum absolute atomic E-state index is 12.5. The summed E-state index contributed by atoms with van der Waals surface area (Å²) in [7, 11) is 1.57. The molecule has 0 aliphatic heterocycles. The predicted octanol–water partition coefficient (Wildman–Crippen LogP) is 4.65. The number of likely N-dealkylation sites (N-methyl/N-ethyl adjacent to an activating group) is 1. The minimum absolute atomic E-state index is 0.0322. The van der Waals surface area contributed by atoms with Gasteiger partial charge in [-0.15, -0.1) is 0 Å². The molecule has 7 heteroatoms. The minimum Gasteiger partial charge on any atom is -0.480 e. The SMILES string of the molecule is CCC(C(=O)O)N(C)C(=O)CC1CCC(CNC(=O)OCC2c3ccccc3-c3ccccc32)C1. The van der Waals surface area contributed by atoms with Gasteiger partial charge in [-0.1, -0.05) is 55.5 Å². The Labute approximate surface area is 206 Å². The second-order valence-corrected chi connectivity index (χ2v) is 9.72. The van der Waals surface area contributed by atoms with Gasteiger partial charge in [-0.25, -0.2) is 9.59 Å². The summed E-state index contributed by atoms with van der Waals surface area (Å²) in [4.78, 5) is 37.7. The normalized spacial score (nSPS) is 19.5. The number of ether oxygens (including phenoxy) is 1. The summed E-state index contributed by atoms with van der Waals surface area (Å²) >= 11 is 0. The summed E-state index contributed by atoms with van der Waals surface area (Å²) in [5.41, 5.74) is 4.76. The predicted molar refractivity (Wildman–Crippen MR) is 133 cm³/mol. The first-order valence-electron chi connectivity index (χ1n) is 12.5. The van der Waals surface area contributed by atoms with Crippen molar-refractivity contribution in [1.29, 1.82) is 0 Å². The van der Waals surface area contributed by atoms with E-state index in [-0.39, 0.29) is 24.3 Å². The Hall–Kier alpha value is -3.35. The Morgan fingerprint density at radius 1 is 1.03 bits per heavy atom. The maximum Gasteiger partial charge on any atom is 0.407 e. The van der Waals surface area contributed by atoms with Crippen LogP contribution in [0.5, 0.6) is 0 Å². The number of benzene rings is 2. The molecule has 186 valence electrons. The molecule has 1 fully saturated rings. The molecule has 0 heterocycles. The van der Waals surface area contributed by atoms with E-state index in [0.29, 0.717) is 25.3 Å². The van der Waals surface area contributed by atoms with Crippen molar-refractivity contribution >= 4 is 18.0 Å². The van der Waals surface area contributed by atoms with Crippen LogP contribution >= 0.6 is 0 Å². The molecular formula is C28H34N2O5. The van der Waals surface area contributed by atoms with Crippen LogP contribution in [-0.2, 0) is 14.3 Å². The molecule has 0 saturated heterocycles. The van der Waals surface area contributed by atoms with Crippen molar-refractivity contribution in [2.75, 3.05) is 20.2 Å². The Kier molecular flexibility index (Phi) is 7.73. The van der Waals surface area contributed by atoms with Crippen LogP contribution in [0.2, 0.25) is 0 Å². The molecule has 7 nitrogen and oxygen atoms in total. The highest BCUT2D eigenvalue weighted by atomic mass is 16.5. The van der Waals surface area contributed by atoms with Gasteiger partial charge in [0.15, 0.2) is 0 Å². The molecule has 3 atom stereocenters. The number of carboxylic acids is 1. The van der Waals surface area contributed by atoms with Crippen molar-refractivity contribution < 1.29 is 24.2 Å². The van der Waals surface area contributed by atoms with Crippen molar-refractivity contribution in [3.63, 3.8) is 0 Å². The second-order valence-electron chi connectivity index (χ2n) is 9.72. The van der Waals surface area contributed by atoms with E-state index in [4.69, 9.17) is 4.74 Å². The Balaban J connectivity index is 1.23. The van der Waals surface area contributed by atoms with Gasteiger partial charge in [0.1, 0.15) is 12.6 Å². The first-order valence-corrected chi connectivity index (χ1v) is 12.5. The van der Waals surface area contributed by atoms with Gasteiger partial charge >= 0.3 is 12.1 Å². The lowest BCUT2D eigenvalue weighted by atomic mass is 9.98. The summed E-state index contributed by atoms with van der Waals surface area (Å²) in [6.45, 7) is 2.57.